The highest BCUT2D eigenvalue weighted by molar-refractivity contribution is 5.88. The van der Waals surface area contributed by atoms with Crippen molar-refractivity contribution in [1.82, 2.24) is 0 Å². The van der Waals surface area contributed by atoms with E-state index in [4.69, 9.17) is 4.74 Å². The Kier molecular flexibility index (Phi) is 4.78. The summed E-state index contributed by atoms with van der Waals surface area (Å²) in [5.74, 6) is -0.217. The minimum atomic E-state index is -0.217. The Morgan fingerprint density at radius 3 is 2.56 bits per heavy atom. The normalized spacial score (nSPS) is 18.1. The van der Waals surface area contributed by atoms with Crippen molar-refractivity contribution in [3.8, 4) is 0 Å². The zero-order valence-corrected chi connectivity index (χ0v) is 10.3. The predicted molar refractivity (Wildman–Crippen MR) is 66.2 cm³/mol. The molecule has 1 fully saturated rings. The summed E-state index contributed by atoms with van der Waals surface area (Å²) in [6.07, 6.45) is 8.49. The lowest BCUT2D eigenvalue weighted by atomic mass is 9.98. The Bertz CT molecular complexity index is 272. The molecule has 0 aliphatic heterocycles. The highest BCUT2D eigenvalue weighted by Crippen LogP contribution is 2.36. The molecule has 1 aliphatic rings. The summed E-state index contributed by atoms with van der Waals surface area (Å²) in [5.41, 5.74) is 0.369. The molecule has 90 valence electrons. The molecule has 0 heterocycles. The highest BCUT2D eigenvalue weighted by Gasteiger charge is 2.36. The van der Waals surface area contributed by atoms with E-state index < -0.39 is 0 Å². The zero-order valence-electron chi connectivity index (χ0n) is 10.3. The van der Waals surface area contributed by atoms with Crippen LogP contribution in [0.4, 0.5) is 0 Å². The molecule has 0 N–H and O–H groups in total. The Morgan fingerprint density at radius 1 is 1.44 bits per heavy atom. The van der Waals surface area contributed by atoms with Gasteiger partial charge in [-0.1, -0.05) is 19.6 Å². The van der Waals surface area contributed by atoms with Gasteiger partial charge in [0, 0.05) is 5.57 Å². The first-order chi connectivity index (χ1) is 7.63. The first-order valence-electron chi connectivity index (χ1n) is 6.15. The second-order valence-corrected chi connectivity index (χ2v) is 4.56. The fourth-order valence-corrected chi connectivity index (χ4v) is 2.19. The van der Waals surface area contributed by atoms with Crippen LogP contribution in [0.1, 0.15) is 51.9 Å². The Balaban J connectivity index is 2.48. The van der Waals surface area contributed by atoms with Crippen LogP contribution in [0.25, 0.3) is 0 Å². The molecule has 0 saturated heterocycles. The smallest absolute Gasteiger partial charge is 0.333 e. The summed E-state index contributed by atoms with van der Waals surface area (Å²) in [7, 11) is 0. The fraction of sp³-hybridized carbons (Fsp3) is 0.643. The van der Waals surface area contributed by atoms with E-state index in [1.807, 2.05) is 0 Å². The van der Waals surface area contributed by atoms with E-state index in [1.54, 1.807) is 6.08 Å². The van der Waals surface area contributed by atoms with Gasteiger partial charge in [0.1, 0.15) is 5.60 Å². The summed E-state index contributed by atoms with van der Waals surface area (Å²) in [6.45, 7) is 9.50. The SMILES string of the molecule is C=CCCC(=C)C(=O)OC1(CC)CCCC1. The molecule has 0 radical (unpaired) electrons. The zero-order chi connectivity index (χ0) is 12.0. The molecule has 0 aromatic carbocycles. The van der Waals surface area contributed by atoms with Crippen LogP contribution >= 0.6 is 0 Å². The second kappa shape index (κ2) is 5.88. The molecule has 0 aromatic rings. The number of rotatable bonds is 6. The lowest BCUT2D eigenvalue weighted by Crippen LogP contribution is -2.31. The maximum absolute atomic E-state index is 11.8. The maximum atomic E-state index is 11.8. The van der Waals surface area contributed by atoms with Gasteiger partial charge >= 0.3 is 5.97 Å². The van der Waals surface area contributed by atoms with Crippen molar-refractivity contribution < 1.29 is 9.53 Å². The molecule has 1 rings (SSSR count). The number of esters is 1. The van der Waals surface area contributed by atoms with Gasteiger partial charge in [-0.3, -0.25) is 0 Å². The number of ether oxygens (including phenoxy) is 1. The number of allylic oxidation sites excluding steroid dienone is 1. The molecule has 16 heavy (non-hydrogen) atoms. The topological polar surface area (TPSA) is 26.3 Å². The van der Waals surface area contributed by atoms with Gasteiger partial charge in [-0.15, -0.1) is 6.58 Å². The van der Waals surface area contributed by atoms with Gasteiger partial charge in [0.25, 0.3) is 0 Å². The minimum absolute atomic E-state index is 0.200. The largest absolute Gasteiger partial charge is 0.456 e. The molecule has 0 unspecified atom stereocenters. The van der Waals surface area contributed by atoms with Crippen molar-refractivity contribution in [3.63, 3.8) is 0 Å². The van der Waals surface area contributed by atoms with Crippen LogP contribution in [0.15, 0.2) is 24.8 Å². The van der Waals surface area contributed by atoms with E-state index in [9.17, 15) is 4.79 Å². The maximum Gasteiger partial charge on any atom is 0.333 e. The van der Waals surface area contributed by atoms with Crippen LogP contribution < -0.4 is 0 Å². The predicted octanol–water partition coefficient (Wildman–Crippen LogP) is 3.77. The molecule has 2 nitrogen and oxygen atoms in total. The van der Waals surface area contributed by atoms with Crippen molar-refractivity contribution in [2.75, 3.05) is 0 Å². The van der Waals surface area contributed by atoms with Crippen molar-refractivity contribution in [2.24, 2.45) is 0 Å². The van der Waals surface area contributed by atoms with Gasteiger partial charge in [-0.25, -0.2) is 4.79 Å². The van der Waals surface area contributed by atoms with Crippen LogP contribution in [-0.4, -0.2) is 11.6 Å². The van der Waals surface area contributed by atoms with Gasteiger partial charge in [-0.2, -0.15) is 0 Å². The van der Waals surface area contributed by atoms with Crippen molar-refractivity contribution in [2.45, 2.75) is 57.5 Å². The van der Waals surface area contributed by atoms with Gasteiger partial charge in [0.05, 0.1) is 0 Å². The van der Waals surface area contributed by atoms with Crippen LogP contribution in [0.5, 0.6) is 0 Å². The third kappa shape index (κ3) is 3.22. The summed E-state index contributed by atoms with van der Waals surface area (Å²) < 4.78 is 5.63. The summed E-state index contributed by atoms with van der Waals surface area (Å²) in [6, 6.07) is 0. The van der Waals surface area contributed by atoms with Crippen LogP contribution in [0, 0.1) is 0 Å². The average molecular weight is 222 g/mol. The Morgan fingerprint density at radius 2 is 2.06 bits per heavy atom. The van der Waals surface area contributed by atoms with Gasteiger partial charge in [0.2, 0.25) is 0 Å². The van der Waals surface area contributed by atoms with E-state index in [1.165, 1.54) is 12.8 Å². The lowest BCUT2D eigenvalue weighted by molar-refractivity contribution is -0.154. The van der Waals surface area contributed by atoms with Crippen LogP contribution in [-0.2, 0) is 9.53 Å². The standard InChI is InChI=1S/C14H22O2/c1-4-6-9-12(3)13(15)16-14(5-2)10-7-8-11-14/h4H,1,3,5-11H2,2H3. The Labute approximate surface area is 98.4 Å². The number of carbonyl (C=O) groups is 1. The molecule has 0 bridgehead atoms. The third-order valence-corrected chi connectivity index (χ3v) is 3.41. The minimum Gasteiger partial charge on any atom is -0.456 e. The van der Waals surface area contributed by atoms with Crippen LogP contribution in [0.3, 0.4) is 0 Å². The van der Waals surface area contributed by atoms with E-state index in [0.717, 1.165) is 25.7 Å². The Hall–Kier alpha value is -1.05. The fourth-order valence-electron chi connectivity index (χ4n) is 2.19. The molecule has 1 aliphatic carbocycles. The number of carbonyl (C=O) groups excluding carboxylic acids is 1. The van der Waals surface area contributed by atoms with Crippen LogP contribution in [0.2, 0.25) is 0 Å². The molecular formula is C14H22O2. The van der Waals surface area contributed by atoms with Gasteiger partial charge < -0.3 is 4.74 Å². The summed E-state index contributed by atoms with van der Waals surface area (Å²) >= 11 is 0. The number of hydrogen-bond acceptors (Lipinski definition) is 2. The summed E-state index contributed by atoms with van der Waals surface area (Å²) in [5, 5.41) is 0. The first kappa shape index (κ1) is 13.0. The molecule has 0 spiro atoms. The van der Waals surface area contributed by atoms with E-state index in [2.05, 4.69) is 20.1 Å². The molecular weight excluding hydrogens is 200 g/mol. The van der Waals surface area contributed by atoms with Crippen molar-refractivity contribution in [1.29, 1.82) is 0 Å². The quantitative estimate of drug-likeness (QED) is 0.388. The van der Waals surface area contributed by atoms with Crippen molar-refractivity contribution >= 4 is 5.97 Å². The lowest BCUT2D eigenvalue weighted by Gasteiger charge is -2.28. The monoisotopic (exact) mass is 222 g/mol. The number of hydrogen-bond donors (Lipinski definition) is 0. The highest BCUT2D eigenvalue weighted by atomic mass is 16.6. The molecule has 0 aromatic heterocycles. The third-order valence-electron chi connectivity index (χ3n) is 3.41. The molecule has 2 heteroatoms. The van der Waals surface area contributed by atoms with E-state index in [-0.39, 0.29) is 11.6 Å². The average Bonchev–Trinajstić information content (AvgIpc) is 2.75. The summed E-state index contributed by atoms with van der Waals surface area (Å²) in [4.78, 5) is 11.8. The van der Waals surface area contributed by atoms with E-state index >= 15 is 0 Å². The molecule has 1 saturated carbocycles. The first-order valence-corrected chi connectivity index (χ1v) is 6.15. The van der Waals surface area contributed by atoms with E-state index in [0.29, 0.717) is 12.0 Å². The molecule has 0 amide bonds. The molecule has 0 atom stereocenters. The van der Waals surface area contributed by atoms with Gasteiger partial charge in [0.15, 0.2) is 0 Å². The second-order valence-electron chi connectivity index (χ2n) is 4.56. The van der Waals surface area contributed by atoms with Gasteiger partial charge in [-0.05, 0) is 44.9 Å². The van der Waals surface area contributed by atoms with Crippen molar-refractivity contribution in [3.05, 3.63) is 24.8 Å².